The number of para-hydroxylation sites is 1. The summed E-state index contributed by atoms with van der Waals surface area (Å²) in [4.78, 5) is 27.5. The number of nitrogens with zero attached hydrogens (tertiary/aromatic N) is 1. The third-order valence-corrected chi connectivity index (χ3v) is 5.07. The van der Waals surface area contributed by atoms with Crippen molar-refractivity contribution in [2.45, 2.75) is 25.8 Å². The van der Waals surface area contributed by atoms with E-state index in [1.54, 1.807) is 36.4 Å². The van der Waals surface area contributed by atoms with Crippen LogP contribution >= 0.6 is 0 Å². The minimum Gasteiger partial charge on any atom is -0.503 e. The lowest BCUT2D eigenvalue weighted by Crippen LogP contribution is -2.31. The topological polar surface area (TPSA) is 93.1 Å². The molecule has 0 spiro atoms. The lowest BCUT2D eigenvalue weighted by molar-refractivity contribution is -0.129. The van der Waals surface area contributed by atoms with Gasteiger partial charge in [0.05, 0.1) is 18.9 Å². The average molecular weight is 395 g/mol. The van der Waals surface area contributed by atoms with Crippen molar-refractivity contribution < 1.29 is 28.3 Å². The maximum absolute atomic E-state index is 13.3. The second-order valence-electron chi connectivity index (χ2n) is 6.85. The van der Waals surface area contributed by atoms with Gasteiger partial charge in [-0.3, -0.25) is 9.59 Å². The highest BCUT2D eigenvalue weighted by molar-refractivity contribution is 6.16. The summed E-state index contributed by atoms with van der Waals surface area (Å²) >= 11 is 0. The van der Waals surface area contributed by atoms with E-state index in [-0.39, 0.29) is 11.3 Å². The molecule has 1 atom stereocenters. The SMILES string of the molecule is CCCCN1C(=O)C(O)=C(C(=O)c2cc3cccc(OC)c3o2)C1c1ccco1. The summed E-state index contributed by atoms with van der Waals surface area (Å²) in [7, 11) is 1.52. The van der Waals surface area contributed by atoms with Crippen molar-refractivity contribution in [2.24, 2.45) is 0 Å². The normalized spacial score (nSPS) is 16.8. The van der Waals surface area contributed by atoms with Crippen molar-refractivity contribution in [3.63, 3.8) is 0 Å². The zero-order valence-electron chi connectivity index (χ0n) is 16.2. The van der Waals surface area contributed by atoms with Crippen LogP contribution in [0.25, 0.3) is 11.0 Å². The maximum Gasteiger partial charge on any atom is 0.290 e. The fourth-order valence-electron chi connectivity index (χ4n) is 3.63. The molecule has 1 aromatic carbocycles. The van der Waals surface area contributed by atoms with Crippen molar-refractivity contribution in [3.05, 3.63) is 65.5 Å². The van der Waals surface area contributed by atoms with Gasteiger partial charge in [0.1, 0.15) is 11.8 Å². The van der Waals surface area contributed by atoms with Crippen LogP contribution in [-0.2, 0) is 4.79 Å². The first-order valence-electron chi connectivity index (χ1n) is 9.45. The quantitative estimate of drug-likeness (QED) is 0.596. The third-order valence-electron chi connectivity index (χ3n) is 5.07. The molecule has 150 valence electrons. The summed E-state index contributed by atoms with van der Waals surface area (Å²) < 4.78 is 16.5. The lowest BCUT2D eigenvalue weighted by Gasteiger charge is -2.24. The molecule has 2 aromatic heterocycles. The van der Waals surface area contributed by atoms with E-state index in [4.69, 9.17) is 13.6 Å². The van der Waals surface area contributed by atoms with Crippen LogP contribution in [0.4, 0.5) is 0 Å². The van der Waals surface area contributed by atoms with Gasteiger partial charge in [0.25, 0.3) is 5.91 Å². The van der Waals surface area contributed by atoms with Gasteiger partial charge in [-0.2, -0.15) is 0 Å². The van der Waals surface area contributed by atoms with Gasteiger partial charge in [-0.1, -0.05) is 25.5 Å². The smallest absolute Gasteiger partial charge is 0.290 e. The average Bonchev–Trinajstić information content (AvgIpc) is 3.45. The first kappa shape index (κ1) is 18.9. The Balaban J connectivity index is 1.79. The molecule has 0 fully saturated rings. The number of Topliss-reactive ketones (excluding diaryl/α,β-unsaturated/α-hetero) is 1. The van der Waals surface area contributed by atoms with Crippen molar-refractivity contribution in [3.8, 4) is 5.75 Å². The molecule has 3 heterocycles. The van der Waals surface area contributed by atoms with Crippen LogP contribution in [0.3, 0.4) is 0 Å². The number of aliphatic hydroxyl groups excluding tert-OH is 1. The van der Waals surface area contributed by atoms with Gasteiger partial charge in [0.15, 0.2) is 22.9 Å². The Morgan fingerprint density at radius 2 is 2.10 bits per heavy atom. The largest absolute Gasteiger partial charge is 0.503 e. The van der Waals surface area contributed by atoms with Crippen molar-refractivity contribution in [1.29, 1.82) is 0 Å². The van der Waals surface area contributed by atoms with Crippen LogP contribution in [0.2, 0.25) is 0 Å². The van der Waals surface area contributed by atoms with Crippen LogP contribution in [0.1, 0.15) is 42.1 Å². The van der Waals surface area contributed by atoms with Crippen molar-refractivity contribution >= 4 is 22.7 Å². The van der Waals surface area contributed by atoms with Gasteiger partial charge in [-0.05, 0) is 30.7 Å². The number of methoxy groups -OCH3 is 1. The first-order chi connectivity index (χ1) is 14.1. The number of carbonyl (C=O) groups excluding carboxylic acids is 2. The molecule has 1 aliphatic heterocycles. The number of carbonyl (C=O) groups is 2. The molecule has 4 rings (SSSR count). The number of hydrogen-bond acceptors (Lipinski definition) is 6. The van der Waals surface area contributed by atoms with Gasteiger partial charge in [0.2, 0.25) is 5.78 Å². The monoisotopic (exact) mass is 395 g/mol. The number of rotatable bonds is 7. The van der Waals surface area contributed by atoms with E-state index in [1.165, 1.54) is 18.3 Å². The predicted octanol–water partition coefficient (Wildman–Crippen LogP) is 4.41. The molecule has 1 aliphatic rings. The lowest BCUT2D eigenvalue weighted by atomic mass is 9.99. The van der Waals surface area contributed by atoms with Gasteiger partial charge in [0, 0.05) is 11.9 Å². The molecule has 3 aromatic rings. The molecule has 0 saturated carbocycles. The van der Waals surface area contributed by atoms with Crippen LogP contribution in [0.5, 0.6) is 5.75 Å². The Bertz CT molecular complexity index is 1090. The van der Waals surface area contributed by atoms with E-state index in [9.17, 15) is 14.7 Å². The summed E-state index contributed by atoms with van der Waals surface area (Å²) in [5.41, 5.74) is 0.388. The molecular formula is C22H21NO6. The number of aliphatic hydroxyl groups is 1. The minimum absolute atomic E-state index is 0.0211. The van der Waals surface area contributed by atoms with Gasteiger partial charge < -0.3 is 23.6 Å². The van der Waals surface area contributed by atoms with Crippen LogP contribution < -0.4 is 4.74 Å². The van der Waals surface area contributed by atoms with E-state index >= 15 is 0 Å². The Hall–Kier alpha value is -3.48. The molecule has 0 saturated heterocycles. The summed E-state index contributed by atoms with van der Waals surface area (Å²) in [5, 5.41) is 11.3. The van der Waals surface area contributed by atoms with Crippen LogP contribution in [0.15, 0.2) is 62.8 Å². The molecule has 1 amide bonds. The van der Waals surface area contributed by atoms with Gasteiger partial charge in [-0.15, -0.1) is 0 Å². The Labute approximate surface area is 167 Å². The van der Waals surface area contributed by atoms with Crippen LogP contribution in [-0.4, -0.2) is 35.4 Å². The Morgan fingerprint density at radius 1 is 1.28 bits per heavy atom. The summed E-state index contributed by atoms with van der Waals surface area (Å²) in [5.74, 6) is -0.788. The Morgan fingerprint density at radius 3 is 2.79 bits per heavy atom. The molecule has 1 unspecified atom stereocenters. The molecule has 1 N–H and O–H groups in total. The number of amides is 1. The number of furan rings is 2. The molecular weight excluding hydrogens is 374 g/mol. The van der Waals surface area contributed by atoms with Crippen LogP contribution in [0, 0.1) is 0 Å². The first-order valence-corrected chi connectivity index (χ1v) is 9.45. The van der Waals surface area contributed by atoms with E-state index in [0.29, 0.717) is 29.0 Å². The van der Waals surface area contributed by atoms with E-state index in [0.717, 1.165) is 12.8 Å². The van der Waals surface area contributed by atoms with Crippen molar-refractivity contribution in [1.82, 2.24) is 4.90 Å². The summed E-state index contributed by atoms with van der Waals surface area (Å²) in [6, 6.07) is 9.47. The second kappa shape index (κ2) is 7.50. The number of ketones is 1. The van der Waals surface area contributed by atoms with E-state index in [1.807, 2.05) is 6.92 Å². The second-order valence-corrected chi connectivity index (χ2v) is 6.85. The van der Waals surface area contributed by atoms with E-state index < -0.39 is 23.5 Å². The number of unbranched alkanes of at least 4 members (excludes halogenated alkanes) is 1. The fraction of sp³-hybridized carbons (Fsp3) is 0.273. The number of ether oxygens (including phenoxy) is 1. The highest BCUT2D eigenvalue weighted by atomic mass is 16.5. The number of benzene rings is 1. The number of fused-ring (bicyclic) bond motifs is 1. The predicted molar refractivity (Wildman–Crippen MR) is 105 cm³/mol. The minimum atomic E-state index is -0.799. The summed E-state index contributed by atoms with van der Waals surface area (Å²) in [6.45, 7) is 2.40. The van der Waals surface area contributed by atoms with Gasteiger partial charge in [-0.25, -0.2) is 0 Å². The molecule has 0 aliphatic carbocycles. The standard InChI is InChI=1S/C22H21NO6/c1-3-4-10-23-18(14-9-6-11-28-14)17(20(25)22(23)26)19(24)16-12-13-7-5-8-15(27-2)21(13)29-16/h5-9,11-12,18,25H,3-4,10H2,1-2H3. The zero-order chi connectivity index (χ0) is 20.5. The summed E-state index contributed by atoms with van der Waals surface area (Å²) in [6.07, 6.45) is 3.07. The maximum atomic E-state index is 13.3. The highest BCUT2D eigenvalue weighted by Crippen LogP contribution is 2.40. The number of hydrogen-bond donors (Lipinski definition) is 1. The molecule has 0 radical (unpaired) electrons. The molecule has 7 heteroatoms. The fourth-order valence-corrected chi connectivity index (χ4v) is 3.63. The molecule has 29 heavy (non-hydrogen) atoms. The van der Waals surface area contributed by atoms with E-state index in [2.05, 4.69) is 0 Å². The highest BCUT2D eigenvalue weighted by Gasteiger charge is 2.45. The van der Waals surface area contributed by atoms with Gasteiger partial charge >= 0.3 is 0 Å². The third kappa shape index (κ3) is 3.08. The van der Waals surface area contributed by atoms with Crippen molar-refractivity contribution in [2.75, 3.05) is 13.7 Å². The molecule has 0 bridgehead atoms. The molecule has 7 nitrogen and oxygen atoms in total. The Kier molecular flexibility index (Phi) is 4.88. The zero-order valence-corrected chi connectivity index (χ0v) is 16.2.